The van der Waals surface area contributed by atoms with E-state index in [0.717, 1.165) is 6.07 Å². The first-order valence-electron chi connectivity index (χ1n) is 8.46. The Labute approximate surface area is 167 Å². The van der Waals surface area contributed by atoms with E-state index in [-0.39, 0.29) is 17.3 Å². The number of aliphatic imine (C=N–C) groups is 1. The number of nitrogens with one attached hydrogen (secondary N) is 1. The van der Waals surface area contributed by atoms with Gasteiger partial charge >= 0.3 is 0 Å². The summed E-state index contributed by atoms with van der Waals surface area (Å²) in [6, 6.07) is 7.07. The Morgan fingerprint density at radius 3 is 2.69 bits per heavy atom. The van der Waals surface area contributed by atoms with E-state index in [1.54, 1.807) is 19.1 Å². The maximum absolute atomic E-state index is 14.1. The summed E-state index contributed by atoms with van der Waals surface area (Å²) in [6.45, 7) is 6.71. The summed E-state index contributed by atoms with van der Waals surface area (Å²) in [4.78, 5) is 18.8. The van der Waals surface area contributed by atoms with Crippen LogP contribution in [0.3, 0.4) is 0 Å². The van der Waals surface area contributed by atoms with Crippen molar-refractivity contribution >= 4 is 39.2 Å². The molecule has 0 radical (unpaired) electrons. The van der Waals surface area contributed by atoms with E-state index in [4.69, 9.17) is 0 Å². The number of pyridine rings is 1. The Kier molecular flexibility index (Phi) is 5.51. The summed E-state index contributed by atoms with van der Waals surface area (Å²) >= 11 is 0. The molecule has 7 nitrogen and oxygen atoms in total. The number of sulfonamides is 1. The molecule has 148 valence electrons. The van der Waals surface area contributed by atoms with Crippen molar-refractivity contribution in [3.63, 3.8) is 0 Å². The van der Waals surface area contributed by atoms with Crippen LogP contribution in [-0.4, -0.2) is 31.2 Å². The molecule has 0 saturated heterocycles. The number of carbonyl (C=O) groups excluding carboxylic acids is 1. The Morgan fingerprint density at radius 1 is 1.24 bits per heavy atom. The van der Waals surface area contributed by atoms with Gasteiger partial charge in [0, 0.05) is 24.9 Å². The molecule has 1 N–H and O–H groups in total. The van der Waals surface area contributed by atoms with Crippen molar-refractivity contribution in [1.29, 1.82) is 0 Å². The number of aryl methyl sites for hydroxylation is 1. The Balaban J connectivity index is 2.01. The highest BCUT2D eigenvalue weighted by atomic mass is 32.2. The summed E-state index contributed by atoms with van der Waals surface area (Å²) in [5.74, 6) is -0.818. The molecule has 9 heteroatoms. The van der Waals surface area contributed by atoms with Crippen LogP contribution in [0.1, 0.15) is 18.1 Å². The molecule has 2 heterocycles. The first-order valence-corrected chi connectivity index (χ1v) is 9.90. The lowest BCUT2D eigenvalue weighted by Gasteiger charge is -2.12. The number of anilines is 1. The van der Waals surface area contributed by atoms with Gasteiger partial charge in [0.2, 0.25) is 5.91 Å². The molecule has 0 unspecified atom stereocenters. The third-order valence-electron chi connectivity index (χ3n) is 3.93. The average Bonchev–Trinajstić information content (AvgIpc) is 2.62. The van der Waals surface area contributed by atoms with Crippen LogP contribution in [0.4, 0.5) is 10.2 Å². The zero-order valence-corrected chi connectivity index (χ0v) is 16.5. The van der Waals surface area contributed by atoms with Crippen LogP contribution in [0.15, 0.2) is 69.2 Å². The minimum Gasteiger partial charge on any atom is -0.311 e. The molecule has 3 rings (SSSR count). The quantitative estimate of drug-likeness (QED) is 0.832. The number of amides is 1. The van der Waals surface area contributed by atoms with Gasteiger partial charge in [-0.15, -0.1) is 0 Å². The van der Waals surface area contributed by atoms with Gasteiger partial charge in [0.1, 0.15) is 22.2 Å². The van der Waals surface area contributed by atoms with Crippen molar-refractivity contribution in [2.45, 2.75) is 18.7 Å². The number of benzene rings is 1. The largest absolute Gasteiger partial charge is 0.311 e. The van der Waals surface area contributed by atoms with Crippen molar-refractivity contribution in [3.05, 3.63) is 71.8 Å². The minimum atomic E-state index is -4.31. The summed E-state index contributed by atoms with van der Waals surface area (Å²) in [5, 5.41) is 2.57. The van der Waals surface area contributed by atoms with Crippen molar-refractivity contribution in [3.8, 4) is 0 Å². The molecule has 1 amide bonds. The second-order valence-electron chi connectivity index (χ2n) is 6.30. The molecule has 0 atom stereocenters. The molecular formula is C20H17FN4O3S. The number of carbonyl (C=O) groups is 1. The van der Waals surface area contributed by atoms with E-state index in [0.29, 0.717) is 22.5 Å². The zero-order valence-electron chi connectivity index (χ0n) is 15.7. The molecule has 29 heavy (non-hydrogen) atoms. The Bertz CT molecular complexity index is 1210. The highest BCUT2D eigenvalue weighted by molar-refractivity contribution is 7.90. The number of hydrogen-bond donors (Lipinski definition) is 1. The van der Waals surface area contributed by atoms with E-state index in [1.165, 1.54) is 37.5 Å². The number of halogens is 1. The van der Waals surface area contributed by atoms with Gasteiger partial charge < -0.3 is 5.32 Å². The van der Waals surface area contributed by atoms with Gasteiger partial charge in [0.15, 0.2) is 0 Å². The number of nitrogens with zero attached hydrogens (tertiary/aromatic N) is 3. The van der Waals surface area contributed by atoms with E-state index in [9.17, 15) is 17.6 Å². The van der Waals surface area contributed by atoms with Gasteiger partial charge in [-0.2, -0.15) is 12.8 Å². The smallest absolute Gasteiger partial charge is 0.285 e. The standard InChI is InChI=1S/C20H17FN4O3S/c1-12-4-5-19(17(21)8-12)29(27,28)25-18-9-16(11-23-13(18)2)15-6-7-22-20(10-15)24-14(3)26/h4-11H,2H2,1,3H3,(H,22,24,26). The first-order chi connectivity index (χ1) is 13.7. The van der Waals surface area contributed by atoms with Crippen molar-refractivity contribution in [2.24, 2.45) is 9.39 Å². The number of aromatic nitrogens is 1. The number of rotatable bonds is 4. The summed E-state index contributed by atoms with van der Waals surface area (Å²) < 4.78 is 43.0. The molecule has 0 fully saturated rings. The molecule has 0 aliphatic carbocycles. The highest BCUT2D eigenvalue weighted by Crippen LogP contribution is 2.23. The minimum absolute atomic E-state index is 0.0136. The molecule has 0 spiro atoms. The van der Waals surface area contributed by atoms with Crippen LogP contribution in [0, 0.1) is 12.7 Å². The van der Waals surface area contributed by atoms with Crippen LogP contribution in [0.5, 0.6) is 0 Å². The van der Waals surface area contributed by atoms with Crippen molar-refractivity contribution < 1.29 is 17.6 Å². The summed E-state index contributed by atoms with van der Waals surface area (Å²) in [7, 11) is -4.31. The van der Waals surface area contributed by atoms with E-state index in [1.807, 2.05) is 0 Å². The number of allylic oxidation sites excluding steroid dienone is 2. The van der Waals surface area contributed by atoms with Gasteiger partial charge in [0.05, 0.1) is 5.70 Å². The SMILES string of the molecule is C=C1N=CC(c2ccnc(NC(C)=O)c2)=CC1=NS(=O)(=O)c1ccc(C)cc1F. The van der Waals surface area contributed by atoms with Gasteiger partial charge in [-0.25, -0.2) is 9.37 Å². The van der Waals surface area contributed by atoms with Crippen molar-refractivity contribution in [1.82, 2.24) is 4.98 Å². The maximum atomic E-state index is 14.1. The lowest BCUT2D eigenvalue weighted by Crippen LogP contribution is -2.10. The van der Waals surface area contributed by atoms with Crippen LogP contribution in [0.25, 0.3) is 5.57 Å². The van der Waals surface area contributed by atoms with Crippen LogP contribution in [-0.2, 0) is 14.8 Å². The van der Waals surface area contributed by atoms with Gasteiger partial charge in [0.25, 0.3) is 10.0 Å². The predicted molar refractivity (Wildman–Crippen MR) is 110 cm³/mol. The van der Waals surface area contributed by atoms with Crippen LogP contribution in [0.2, 0.25) is 0 Å². The van der Waals surface area contributed by atoms with Gasteiger partial charge in [-0.05, 0) is 48.4 Å². The third kappa shape index (κ3) is 4.69. The maximum Gasteiger partial charge on any atom is 0.285 e. The average molecular weight is 412 g/mol. The Hall–Kier alpha value is -3.46. The lowest BCUT2D eigenvalue weighted by molar-refractivity contribution is -0.114. The predicted octanol–water partition coefficient (Wildman–Crippen LogP) is 3.30. The fourth-order valence-electron chi connectivity index (χ4n) is 2.57. The summed E-state index contributed by atoms with van der Waals surface area (Å²) in [5.41, 5.74) is 1.87. The lowest BCUT2D eigenvalue weighted by atomic mass is 10.0. The fourth-order valence-corrected chi connectivity index (χ4v) is 3.63. The van der Waals surface area contributed by atoms with Crippen LogP contribution < -0.4 is 5.32 Å². The highest BCUT2D eigenvalue weighted by Gasteiger charge is 2.21. The molecule has 2 aromatic rings. The second-order valence-corrected chi connectivity index (χ2v) is 7.87. The topological polar surface area (TPSA) is 101 Å². The number of dihydropyridines is 1. The second kappa shape index (κ2) is 7.88. The molecular weight excluding hydrogens is 395 g/mol. The Morgan fingerprint density at radius 2 is 2.00 bits per heavy atom. The van der Waals surface area contributed by atoms with E-state index in [2.05, 4.69) is 26.3 Å². The van der Waals surface area contributed by atoms with Gasteiger partial charge in [-0.1, -0.05) is 12.6 Å². The van der Waals surface area contributed by atoms with Crippen LogP contribution >= 0.6 is 0 Å². The summed E-state index contributed by atoms with van der Waals surface area (Å²) in [6.07, 6.45) is 4.47. The number of hydrogen-bond acceptors (Lipinski definition) is 5. The monoisotopic (exact) mass is 412 g/mol. The fraction of sp³-hybridized carbons (Fsp3) is 0.100. The molecule has 0 saturated carbocycles. The first kappa shape index (κ1) is 20.3. The molecule has 1 aromatic heterocycles. The third-order valence-corrected chi connectivity index (χ3v) is 5.25. The molecule has 1 aliphatic heterocycles. The normalized spacial score (nSPS) is 15.3. The molecule has 1 aliphatic rings. The van der Waals surface area contributed by atoms with Crippen molar-refractivity contribution in [2.75, 3.05) is 5.32 Å². The molecule has 0 bridgehead atoms. The van der Waals surface area contributed by atoms with E-state index >= 15 is 0 Å². The van der Waals surface area contributed by atoms with E-state index < -0.39 is 20.7 Å². The molecule has 1 aromatic carbocycles. The zero-order chi connectivity index (χ0) is 21.2. The van der Waals surface area contributed by atoms with Gasteiger partial charge in [-0.3, -0.25) is 9.79 Å².